The average molecular weight is 262 g/mol. The second-order valence-corrected chi connectivity index (χ2v) is 4.96. The minimum absolute atomic E-state index is 0.0406. The molecule has 0 aliphatic carbocycles. The van der Waals surface area contributed by atoms with E-state index in [0.717, 1.165) is 30.8 Å². The van der Waals surface area contributed by atoms with E-state index >= 15 is 0 Å². The first kappa shape index (κ1) is 13.9. The van der Waals surface area contributed by atoms with Crippen LogP contribution in [0.15, 0.2) is 18.2 Å². The molecule has 1 saturated heterocycles. The van der Waals surface area contributed by atoms with Gasteiger partial charge in [0.25, 0.3) is 0 Å². The monoisotopic (exact) mass is 262 g/mol. The lowest BCUT2D eigenvalue weighted by atomic mass is 9.99. The van der Waals surface area contributed by atoms with E-state index in [9.17, 15) is 4.79 Å². The van der Waals surface area contributed by atoms with Gasteiger partial charge in [-0.3, -0.25) is 4.79 Å². The highest BCUT2D eigenvalue weighted by Crippen LogP contribution is 2.29. The van der Waals surface area contributed by atoms with Gasteiger partial charge in [-0.2, -0.15) is 0 Å². The van der Waals surface area contributed by atoms with Crippen LogP contribution >= 0.6 is 0 Å². The Morgan fingerprint density at radius 2 is 2.26 bits per heavy atom. The molecule has 2 rings (SSSR count). The third-order valence-electron chi connectivity index (χ3n) is 3.72. The number of ether oxygens (including phenoxy) is 1. The minimum atomic E-state index is 0.0406. The molecule has 4 nitrogen and oxygen atoms in total. The van der Waals surface area contributed by atoms with Gasteiger partial charge in [-0.25, -0.2) is 0 Å². The van der Waals surface area contributed by atoms with Crippen LogP contribution in [-0.4, -0.2) is 38.1 Å². The zero-order chi connectivity index (χ0) is 13.8. The maximum Gasteiger partial charge on any atom is 0.224 e. The quantitative estimate of drug-likeness (QED) is 0.902. The number of carbonyl (C=O) groups excluding carboxylic acids is 1. The number of likely N-dealkylation sites (N-methyl/N-ethyl adjacent to an activating group) is 1. The SMILES string of the molecule is CCc1ccc(OC)c(C2CC(=O)N(C)CCN2)c1. The second kappa shape index (κ2) is 6.06. The predicted molar refractivity (Wildman–Crippen MR) is 75.4 cm³/mol. The summed E-state index contributed by atoms with van der Waals surface area (Å²) in [7, 11) is 3.53. The maximum atomic E-state index is 12.0. The molecule has 19 heavy (non-hydrogen) atoms. The molecule has 1 N–H and O–H groups in total. The van der Waals surface area contributed by atoms with E-state index in [0.29, 0.717) is 6.42 Å². The molecule has 1 fully saturated rings. The fraction of sp³-hybridized carbons (Fsp3) is 0.533. The number of benzene rings is 1. The van der Waals surface area contributed by atoms with Crippen molar-refractivity contribution in [3.8, 4) is 5.75 Å². The van der Waals surface area contributed by atoms with Crippen molar-refractivity contribution in [2.24, 2.45) is 0 Å². The lowest BCUT2D eigenvalue weighted by molar-refractivity contribution is -0.129. The molecule has 1 aliphatic rings. The van der Waals surface area contributed by atoms with E-state index < -0.39 is 0 Å². The summed E-state index contributed by atoms with van der Waals surface area (Å²) in [6.07, 6.45) is 1.47. The van der Waals surface area contributed by atoms with E-state index in [2.05, 4.69) is 24.4 Å². The smallest absolute Gasteiger partial charge is 0.224 e. The Hall–Kier alpha value is -1.55. The van der Waals surface area contributed by atoms with Crippen molar-refractivity contribution in [3.05, 3.63) is 29.3 Å². The molecule has 0 radical (unpaired) electrons. The van der Waals surface area contributed by atoms with Crippen LogP contribution in [0.25, 0.3) is 0 Å². The van der Waals surface area contributed by atoms with Gasteiger partial charge in [0, 0.05) is 38.2 Å². The number of aryl methyl sites for hydroxylation is 1. The molecular weight excluding hydrogens is 240 g/mol. The van der Waals surface area contributed by atoms with Gasteiger partial charge in [0.1, 0.15) is 5.75 Å². The Labute approximate surface area is 114 Å². The van der Waals surface area contributed by atoms with Crippen molar-refractivity contribution >= 4 is 5.91 Å². The summed E-state index contributed by atoms with van der Waals surface area (Å²) in [6.45, 7) is 3.70. The average Bonchev–Trinajstić information content (AvgIpc) is 2.60. The number of carbonyl (C=O) groups is 1. The van der Waals surface area contributed by atoms with Crippen LogP contribution in [-0.2, 0) is 11.2 Å². The van der Waals surface area contributed by atoms with Gasteiger partial charge in [-0.05, 0) is 18.1 Å². The summed E-state index contributed by atoms with van der Waals surface area (Å²) in [5.74, 6) is 1.03. The van der Waals surface area contributed by atoms with Gasteiger partial charge < -0.3 is 15.0 Å². The van der Waals surface area contributed by atoms with Gasteiger partial charge in [0.15, 0.2) is 0 Å². The summed E-state index contributed by atoms with van der Waals surface area (Å²) in [4.78, 5) is 13.8. The van der Waals surface area contributed by atoms with E-state index in [1.807, 2.05) is 13.1 Å². The van der Waals surface area contributed by atoms with Crippen LogP contribution < -0.4 is 10.1 Å². The van der Waals surface area contributed by atoms with Crippen molar-refractivity contribution in [1.82, 2.24) is 10.2 Å². The first-order chi connectivity index (χ1) is 9.15. The number of nitrogens with one attached hydrogen (secondary N) is 1. The summed E-state index contributed by atoms with van der Waals surface area (Å²) in [5.41, 5.74) is 2.35. The van der Waals surface area contributed by atoms with E-state index in [1.165, 1.54) is 5.56 Å². The van der Waals surface area contributed by atoms with Crippen LogP contribution in [0.3, 0.4) is 0 Å². The van der Waals surface area contributed by atoms with Gasteiger partial charge in [0.2, 0.25) is 5.91 Å². The number of hydrogen-bond acceptors (Lipinski definition) is 3. The van der Waals surface area contributed by atoms with Crippen molar-refractivity contribution in [3.63, 3.8) is 0 Å². The Morgan fingerprint density at radius 1 is 1.47 bits per heavy atom. The summed E-state index contributed by atoms with van der Waals surface area (Å²) < 4.78 is 5.44. The van der Waals surface area contributed by atoms with E-state index in [-0.39, 0.29) is 11.9 Å². The molecule has 1 atom stereocenters. The number of rotatable bonds is 3. The van der Waals surface area contributed by atoms with Gasteiger partial charge in [0.05, 0.1) is 7.11 Å². The van der Waals surface area contributed by atoms with Crippen LogP contribution in [0.5, 0.6) is 5.75 Å². The van der Waals surface area contributed by atoms with E-state index in [1.54, 1.807) is 12.0 Å². The molecule has 1 amide bonds. The topological polar surface area (TPSA) is 41.6 Å². The Kier molecular flexibility index (Phi) is 4.43. The molecule has 0 saturated carbocycles. The van der Waals surface area contributed by atoms with Crippen LogP contribution in [0.1, 0.15) is 30.5 Å². The Bertz CT molecular complexity index is 459. The molecule has 0 spiro atoms. The normalized spacial score (nSPS) is 20.3. The van der Waals surface area contributed by atoms with Crippen molar-refractivity contribution < 1.29 is 9.53 Å². The maximum absolute atomic E-state index is 12.0. The molecule has 1 aromatic rings. The highest BCUT2D eigenvalue weighted by molar-refractivity contribution is 5.77. The molecule has 1 aromatic carbocycles. The number of nitrogens with zero attached hydrogens (tertiary/aromatic N) is 1. The van der Waals surface area contributed by atoms with Crippen molar-refractivity contribution in [1.29, 1.82) is 0 Å². The highest BCUT2D eigenvalue weighted by atomic mass is 16.5. The molecular formula is C15H22N2O2. The molecule has 4 heteroatoms. The largest absolute Gasteiger partial charge is 0.496 e. The third kappa shape index (κ3) is 3.07. The Morgan fingerprint density at radius 3 is 2.95 bits per heavy atom. The molecule has 1 heterocycles. The fourth-order valence-electron chi connectivity index (χ4n) is 2.43. The molecule has 0 bridgehead atoms. The standard InChI is InChI=1S/C15H22N2O2/c1-4-11-5-6-14(19-3)12(9-11)13-10-15(18)17(2)8-7-16-13/h5-6,9,13,16H,4,7-8,10H2,1-3H3. The van der Waals surface area contributed by atoms with Gasteiger partial charge in [-0.15, -0.1) is 0 Å². The van der Waals surface area contributed by atoms with Gasteiger partial charge in [-0.1, -0.05) is 19.1 Å². The lowest BCUT2D eigenvalue weighted by Crippen LogP contribution is -2.27. The van der Waals surface area contributed by atoms with Crippen molar-refractivity contribution in [2.75, 3.05) is 27.2 Å². The molecule has 0 aromatic heterocycles. The predicted octanol–water partition coefficient (Wildman–Crippen LogP) is 1.75. The van der Waals surface area contributed by atoms with Crippen LogP contribution in [0.4, 0.5) is 0 Å². The second-order valence-electron chi connectivity index (χ2n) is 4.96. The van der Waals surface area contributed by atoms with Crippen LogP contribution in [0, 0.1) is 0 Å². The number of amides is 1. The first-order valence-corrected chi connectivity index (χ1v) is 6.79. The highest BCUT2D eigenvalue weighted by Gasteiger charge is 2.24. The zero-order valence-corrected chi connectivity index (χ0v) is 11.9. The van der Waals surface area contributed by atoms with Gasteiger partial charge >= 0.3 is 0 Å². The third-order valence-corrected chi connectivity index (χ3v) is 3.72. The molecule has 1 unspecified atom stereocenters. The zero-order valence-electron chi connectivity index (χ0n) is 11.9. The summed E-state index contributed by atoms with van der Waals surface area (Å²) >= 11 is 0. The first-order valence-electron chi connectivity index (χ1n) is 6.79. The van der Waals surface area contributed by atoms with Crippen molar-refractivity contribution in [2.45, 2.75) is 25.8 Å². The summed E-state index contributed by atoms with van der Waals surface area (Å²) in [5, 5.41) is 3.44. The fourth-order valence-corrected chi connectivity index (χ4v) is 2.43. The Balaban J connectivity index is 2.31. The van der Waals surface area contributed by atoms with Crippen LogP contribution in [0.2, 0.25) is 0 Å². The summed E-state index contributed by atoms with van der Waals surface area (Å²) in [6, 6.07) is 6.26. The molecule has 1 aliphatic heterocycles. The van der Waals surface area contributed by atoms with E-state index in [4.69, 9.17) is 4.74 Å². The molecule has 104 valence electrons. The lowest BCUT2D eigenvalue weighted by Gasteiger charge is -2.19. The number of methoxy groups -OCH3 is 1. The number of hydrogen-bond donors (Lipinski definition) is 1. The minimum Gasteiger partial charge on any atom is -0.496 e.